The maximum absolute atomic E-state index is 13.5. The molecule has 0 aliphatic rings. The van der Waals surface area contributed by atoms with Crippen LogP contribution in [0.1, 0.15) is 17.0 Å². The molecule has 0 bridgehead atoms. The van der Waals surface area contributed by atoms with E-state index in [1.807, 2.05) is 19.1 Å². The van der Waals surface area contributed by atoms with E-state index < -0.39 is 5.82 Å². The van der Waals surface area contributed by atoms with E-state index in [-0.39, 0.29) is 40.4 Å². The third-order valence-electron chi connectivity index (χ3n) is 5.07. The Bertz CT molecular complexity index is 1470. The normalized spacial score (nSPS) is 11.2. The van der Waals surface area contributed by atoms with Gasteiger partial charge in [0.2, 0.25) is 0 Å². The van der Waals surface area contributed by atoms with Crippen molar-refractivity contribution < 1.29 is 18.7 Å². The molecule has 2 N–H and O–H groups in total. The van der Waals surface area contributed by atoms with E-state index in [0.29, 0.717) is 22.3 Å². The molecule has 0 atom stereocenters. The Labute approximate surface area is 205 Å². The fraction of sp³-hybridized carbons (Fsp3) is 0.115. The molecular formula is C26H20ClFN4O3. The summed E-state index contributed by atoms with van der Waals surface area (Å²) in [6.45, 7) is 1.68. The lowest BCUT2D eigenvalue weighted by Crippen LogP contribution is -2.20. The number of aryl methyl sites for hydroxylation is 1. The quantitative estimate of drug-likeness (QED) is 0.321. The first-order valence-electron chi connectivity index (χ1n) is 10.5. The zero-order chi connectivity index (χ0) is 24.9. The molecule has 9 heteroatoms. The predicted octanol–water partition coefficient (Wildman–Crippen LogP) is 5.75. The van der Waals surface area contributed by atoms with E-state index in [0.717, 1.165) is 5.56 Å². The van der Waals surface area contributed by atoms with Gasteiger partial charge in [-0.15, -0.1) is 0 Å². The van der Waals surface area contributed by atoms with Crippen molar-refractivity contribution >= 4 is 45.9 Å². The molecule has 4 aromatic rings. The second kappa shape index (κ2) is 10.3. The van der Waals surface area contributed by atoms with E-state index >= 15 is 0 Å². The number of amides is 1. The van der Waals surface area contributed by atoms with E-state index in [1.54, 1.807) is 30.3 Å². The molecule has 176 valence electrons. The standard InChI is InChI=1S/C26H20ClFN4O3/c1-15-3-6-19(7-4-15)30-24(33)14-35-25-20(27)10-16(11-23(25)34-2)9-17(13-29)26-31-21-8-5-18(28)12-22(21)32-26/h3-12H,14H2,1-2H3,(H,30,33)(H,31,32)/b17-9-. The molecule has 1 aromatic heterocycles. The van der Waals surface area contributed by atoms with Gasteiger partial charge in [0.25, 0.3) is 5.91 Å². The Morgan fingerprint density at radius 3 is 2.71 bits per heavy atom. The van der Waals surface area contributed by atoms with Crippen molar-refractivity contribution in [2.75, 3.05) is 19.0 Å². The Morgan fingerprint density at radius 1 is 1.23 bits per heavy atom. The minimum atomic E-state index is -0.408. The number of H-pyrrole nitrogens is 1. The molecule has 0 saturated carbocycles. The number of imidazole rings is 1. The van der Waals surface area contributed by atoms with Crippen molar-refractivity contribution in [2.45, 2.75) is 6.92 Å². The fourth-order valence-electron chi connectivity index (χ4n) is 3.36. The highest BCUT2D eigenvalue weighted by Crippen LogP contribution is 2.37. The number of fused-ring (bicyclic) bond motifs is 1. The molecule has 0 unspecified atom stereocenters. The van der Waals surface area contributed by atoms with Crippen LogP contribution >= 0.6 is 11.6 Å². The molecule has 0 fully saturated rings. The average molecular weight is 491 g/mol. The van der Waals surface area contributed by atoms with E-state index in [1.165, 1.54) is 25.3 Å². The van der Waals surface area contributed by atoms with Crippen LogP contribution in [0, 0.1) is 24.1 Å². The number of halogens is 2. The second-order valence-corrected chi connectivity index (χ2v) is 8.06. The van der Waals surface area contributed by atoms with Crippen LogP contribution in [0.5, 0.6) is 11.5 Å². The van der Waals surface area contributed by atoms with Crippen LogP contribution in [0.3, 0.4) is 0 Å². The number of benzene rings is 3. The van der Waals surface area contributed by atoms with Crippen molar-refractivity contribution in [3.63, 3.8) is 0 Å². The van der Waals surface area contributed by atoms with Gasteiger partial charge >= 0.3 is 0 Å². The van der Waals surface area contributed by atoms with Crippen LogP contribution in [0.25, 0.3) is 22.7 Å². The summed E-state index contributed by atoms with van der Waals surface area (Å²) in [6.07, 6.45) is 1.57. The summed E-state index contributed by atoms with van der Waals surface area (Å²) >= 11 is 6.41. The number of carbonyl (C=O) groups excluding carboxylic acids is 1. The zero-order valence-electron chi connectivity index (χ0n) is 18.9. The maximum atomic E-state index is 13.5. The van der Waals surface area contributed by atoms with E-state index in [2.05, 4.69) is 21.4 Å². The maximum Gasteiger partial charge on any atom is 0.262 e. The molecule has 0 aliphatic heterocycles. The van der Waals surface area contributed by atoms with Crippen molar-refractivity contribution in [2.24, 2.45) is 0 Å². The molecule has 0 aliphatic carbocycles. The highest BCUT2D eigenvalue weighted by molar-refractivity contribution is 6.32. The number of methoxy groups -OCH3 is 1. The average Bonchev–Trinajstić information content (AvgIpc) is 3.26. The van der Waals surface area contributed by atoms with Crippen molar-refractivity contribution in [3.05, 3.63) is 82.4 Å². The van der Waals surface area contributed by atoms with Gasteiger partial charge in [-0.1, -0.05) is 29.3 Å². The number of hydrogen-bond donors (Lipinski definition) is 2. The number of carbonyl (C=O) groups is 1. The molecule has 1 heterocycles. The second-order valence-electron chi connectivity index (χ2n) is 7.65. The van der Waals surface area contributed by atoms with E-state index in [9.17, 15) is 14.4 Å². The number of nitrogens with one attached hydrogen (secondary N) is 2. The number of nitrogens with zero attached hydrogens (tertiary/aromatic N) is 2. The third kappa shape index (κ3) is 5.60. The van der Waals surface area contributed by atoms with Gasteiger partial charge in [0.1, 0.15) is 17.7 Å². The summed E-state index contributed by atoms with van der Waals surface area (Å²) in [5.41, 5.74) is 3.51. The lowest BCUT2D eigenvalue weighted by atomic mass is 10.1. The number of ether oxygens (including phenoxy) is 2. The molecule has 7 nitrogen and oxygen atoms in total. The zero-order valence-corrected chi connectivity index (χ0v) is 19.6. The smallest absolute Gasteiger partial charge is 0.262 e. The fourth-order valence-corrected chi connectivity index (χ4v) is 3.64. The topological polar surface area (TPSA) is 100 Å². The minimum absolute atomic E-state index is 0.197. The highest BCUT2D eigenvalue weighted by atomic mass is 35.5. The summed E-state index contributed by atoms with van der Waals surface area (Å²) in [6, 6.07) is 16.8. The predicted molar refractivity (Wildman–Crippen MR) is 133 cm³/mol. The summed E-state index contributed by atoms with van der Waals surface area (Å²) in [4.78, 5) is 19.6. The molecular weight excluding hydrogens is 471 g/mol. The summed E-state index contributed by atoms with van der Waals surface area (Å²) in [5, 5.41) is 12.6. The Balaban J connectivity index is 1.54. The van der Waals surface area contributed by atoms with Gasteiger partial charge in [-0.2, -0.15) is 5.26 Å². The molecule has 0 spiro atoms. The molecule has 4 rings (SSSR count). The number of hydrogen-bond acceptors (Lipinski definition) is 5. The Morgan fingerprint density at radius 2 is 2.00 bits per heavy atom. The molecule has 1 amide bonds. The van der Waals surface area contributed by atoms with Crippen LogP contribution < -0.4 is 14.8 Å². The van der Waals surface area contributed by atoms with Crippen LogP contribution in [0.15, 0.2) is 54.6 Å². The molecule has 3 aromatic carbocycles. The first-order valence-corrected chi connectivity index (χ1v) is 10.9. The number of aromatic nitrogens is 2. The van der Waals surface area contributed by atoms with Crippen LogP contribution in [0.4, 0.5) is 10.1 Å². The molecule has 0 radical (unpaired) electrons. The number of anilines is 1. The van der Waals surface area contributed by atoms with Gasteiger partial charge in [0, 0.05) is 5.69 Å². The summed E-state index contributed by atoms with van der Waals surface area (Å²) in [5.74, 6) is 0.00844. The highest BCUT2D eigenvalue weighted by Gasteiger charge is 2.15. The largest absolute Gasteiger partial charge is 0.493 e. The van der Waals surface area contributed by atoms with Crippen molar-refractivity contribution in [1.29, 1.82) is 5.26 Å². The minimum Gasteiger partial charge on any atom is -0.493 e. The number of nitriles is 1. The Kier molecular flexibility index (Phi) is 6.99. The van der Waals surface area contributed by atoms with Gasteiger partial charge in [0.15, 0.2) is 18.1 Å². The monoisotopic (exact) mass is 490 g/mol. The van der Waals surface area contributed by atoms with Gasteiger partial charge < -0.3 is 19.8 Å². The van der Waals surface area contributed by atoms with E-state index in [4.69, 9.17) is 21.1 Å². The van der Waals surface area contributed by atoms with Gasteiger partial charge in [-0.25, -0.2) is 9.37 Å². The third-order valence-corrected chi connectivity index (χ3v) is 5.35. The van der Waals surface area contributed by atoms with Crippen molar-refractivity contribution in [3.8, 4) is 17.6 Å². The Hall–Kier alpha value is -4.35. The number of rotatable bonds is 7. The molecule has 35 heavy (non-hydrogen) atoms. The lowest BCUT2D eigenvalue weighted by molar-refractivity contribution is -0.118. The van der Waals surface area contributed by atoms with Crippen molar-refractivity contribution in [1.82, 2.24) is 9.97 Å². The van der Waals surface area contributed by atoms with Crippen LogP contribution in [0.2, 0.25) is 5.02 Å². The number of aromatic amines is 1. The summed E-state index contributed by atoms with van der Waals surface area (Å²) < 4.78 is 24.5. The SMILES string of the molecule is COc1cc(/C=C(/C#N)c2nc3ccc(F)cc3[nH]2)cc(Cl)c1OCC(=O)Nc1ccc(C)cc1. The van der Waals surface area contributed by atoms with Gasteiger partial charge in [-0.3, -0.25) is 4.79 Å². The van der Waals surface area contributed by atoms with Gasteiger partial charge in [-0.05, 0) is 61.0 Å². The van der Waals surface area contributed by atoms with Gasteiger partial charge in [0.05, 0.1) is 28.7 Å². The van der Waals surface area contributed by atoms with Crippen LogP contribution in [-0.2, 0) is 4.79 Å². The van der Waals surface area contributed by atoms with Crippen LogP contribution in [-0.4, -0.2) is 29.6 Å². The number of allylic oxidation sites excluding steroid dienone is 1. The first kappa shape index (κ1) is 23.8. The first-order chi connectivity index (χ1) is 16.9. The lowest BCUT2D eigenvalue weighted by Gasteiger charge is -2.13. The molecule has 0 saturated heterocycles. The summed E-state index contributed by atoms with van der Waals surface area (Å²) in [7, 11) is 1.44.